The van der Waals surface area contributed by atoms with Crippen LogP contribution < -0.4 is 55.9 Å². The van der Waals surface area contributed by atoms with E-state index in [1.54, 1.807) is 182 Å². The van der Waals surface area contributed by atoms with Crippen LogP contribution in [0.2, 0.25) is 5.15 Å². The zero-order chi connectivity index (χ0) is 105. The van der Waals surface area contributed by atoms with Crippen LogP contribution in [-0.4, -0.2) is 166 Å². The fourth-order valence-electron chi connectivity index (χ4n) is 16.2. The van der Waals surface area contributed by atoms with Gasteiger partial charge in [0, 0.05) is 262 Å². The number of pyridine rings is 3. The summed E-state index contributed by atoms with van der Waals surface area (Å²) in [5, 5.41) is 17.1. The summed E-state index contributed by atoms with van der Waals surface area (Å²) in [5.41, 5.74) is 7.68. The number of halogens is 4. The summed E-state index contributed by atoms with van der Waals surface area (Å²) in [6.45, 7) is 30.2. The van der Waals surface area contributed by atoms with Gasteiger partial charge in [0.05, 0.1) is 40.9 Å². The molecule has 26 nitrogen and oxygen atoms in total. The van der Waals surface area contributed by atoms with Crippen molar-refractivity contribution in [2.24, 2.45) is 5.73 Å². The van der Waals surface area contributed by atoms with E-state index in [4.69, 9.17) is 63.4 Å². The Labute approximate surface area is 886 Å². The summed E-state index contributed by atoms with van der Waals surface area (Å²) >= 11 is 15.3. The van der Waals surface area contributed by atoms with Gasteiger partial charge in [-0.3, -0.25) is 38.6 Å². The van der Waals surface area contributed by atoms with Crippen molar-refractivity contribution in [3.05, 3.63) is 275 Å². The number of carbonyl (C=O) groups excluding carboxylic acids is 8. The molecule has 3 aromatic heterocycles. The minimum Gasteiger partial charge on any atom is -0.457 e. The third-order valence-corrected chi connectivity index (χ3v) is 44.6. The van der Waals surface area contributed by atoms with Gasteiger partial charge < -0.3 is 65.4 Å². The van der Waals surface area contributed by atoms with E-state index in [1.165, 1.54) is 66.6 Å². The van der Waals surface area contributed by atoms with Crippen LogP contribution in [0.15, 0.2) is 219 Å². The van der Waals surface area contributed by atoms with Crippen LogP contribution in [0.3, 0.4) is 0 Å². The number of anilines is 5. The van der Waals surface area contributed by atoms with E-state index in [2.05, 4.69) is 55.0 Å². The van der Waals surface area contributed by atoms with Crippen LogP contribution in [0.25, 0.3) is 32.3 Å². The number of nitrogens with zero attached hydrogens (tertiary/aromatic N) is 8. The van der Waals surface area contributed by atoms with Gasteiger partial charge in [-0.25, -0.2) is 37.7 Å². The monoisotopic (exact) mass is 2230 g/mol. The Morgan fingerprint density at radius 1 is 0.407 bits per heavy atom. The lowest BCUT2D eigenvalue weighted by Crippen LogP contribution is -2.59. The van der Waals surface area contributed by atoms with Crippen molar-refractivity contribution < 1.29 is 75.2 Å². The maximum atomic E-state index is 15.3. The average molecular weight is 2230 g/mol. The Bertz CT molecular complexity index is 7310. The number of ether oxygens (including phenoxy) is 5. The van der Waals surface area contributed by atoms with Crippen molar-refractivity contribution in [3.63, 3.8) is 0 Å². The topological polar surface area (TPSA) is 312 Å². The molecule has 43 heteroatoms. The summed E-state index contributed by atoms with van der Waals surface area (Å²) in [6.07, 6.45) is 4.80. The SMILES string of the molecule is CCC(=O)c1cccc2cc(Oc3ccnc(Cl)c3)ccc12.CCC(=O)c1cccc2cc(Oc3ccnc(NC(=O)c4ccc(N5C[C@@H](C)N[C@@H](C)C5)cc4F)c3)ccc12.CNC(=O)c1cccc2cc(Oc3ccnc(NC(=O)c4ccc(N5C[C@@H](C)N(C(=O)OC(C)(C)C)[C@@H](C)C5)cc4F)c3)ccc12.C[C@@H]1CN(c2ccc(C(N)=O)c(F)c2)C[C@H](C)N1C(=O)OC(C)(C)C.S=S=S=S=S=S=S=S=S=S=S=S=S. The number of carbonyl (C=O) groups is 8. The number of nitrogens with one attached hydrogen (secondary N) is 4. The molecule has 0 saturated carbocycles. The molecule has 766 valence electrons. The van der Waals surface area contributed by atoms with Crippen LogP contribution in [0.1, 0.15) is 172 Å². The van der Waals surface area contributed by atoms with E-state index in [0.717, 1.165) is 56.7 Å². The predicted molar refractivity (Wildman–Crippen MR) is 604 cm³/mol. The molecule has 0 unspecified atom stereocenters. The molecule has 3 aliphatic rings. The Hall–Kier alpha value is -11.3. The molecular weight excluding hydrogens is 2120 g/mol. The average Bonchev–Trinajstić information content (AvgIpc) is 0.810. The molecule has 0 bridgehead atoms. The van der Waals surface area contributed by atoms with Crippen LogP contribution in [-0.2, 0) is 130 Å². The number of nitrogens with two attached hydrogens (primary N) is 1. The van der Waals surface area contributed by atoms with Gasteiger partial charge in [-0.15, -0.1) is 0 Å². The first kappa shape index (κ1) is 114. The van der Waals surface area contributed by atoms with Gasteiger partial charge in [-0.05, 0) is 249 Å². The molecule has 6 N–H and O–H groups in total. The molecule has 0 radical (unpaired) electrons. The maximum Gasteiger partial charge on any atom is 0.410 e. The first-order chi connectivity index (χ1) is 69.2. The fourth-order valence-corrected chi connectivity index (χ4v) is 41.1. The summed E-state index contributed by atoms with van der Waals surface area (Å²) in [6, 6.07) is 56.7. The molecule has 0 spiro atoms. The van der Waals surface area contributed by atoms with E-state index in [-0.39, 0.29) is 94.2 Å². The van der Waals surface area contributed by atoms with Crippen LogP contribution in [0.5, 0.6) is 34.5 Å². The second kappa shape index (κ2) is 54.4. The second-order valence-corrected chi connectivity index (χ2v) is 55.3. The number of benzene rings is 9. The van der Waals surface area contributed by atoms with Gasteiger partial charge in [0.2, 0.25) is 0 Å². The van der Waals surface area contributed by atoms with Crippen molar-refractivity contribution in [2.45, 2.75) is 157 Å². The molecular formula is C102H109ClF3N13O13S13. The molecule has 12 aromatic rings. The number of amides is 6. The highest BCUT2D eigenvalue weighted by Gasteiger charge is 2.38. The highest BCUT2D eigenvalue weighted by atomic mass is 35.5. The quantitative estimate of drug-likeness (QED) is 0.0371. The smallest absolute Gasteiger partial charge is 0.410 e. The number of Topliss-reactive ketones (excluding diaryl/α,β-unsaturated/α-hetero) is 2. The minimum atomic E-state index is -0.791. The second-order valence-electron chi connectivity index (χ2n) is 35.4. The van der Waals surface area contributed by atoms with E-state index in [0.29, 0.717) is 101 Å². The zero-order valence-electron chi connectivity index (χ0n) is 81.7. The first-order valence-corrected chi connectivity index (χ1v) is 62.0. The van der Waals surface area contributed by atoms with Crippen LogP contribution in [0.4, 0.5) is 51.5 Å². The van der Waals surface area contributed by atoms with Gasteiger partial charge in [0.1, 0.15) is 79.9 Å². The van der Waals surface area contributed by atoms with Gasteiger partial charge in [-0.1, -0.05) is 74.0 Å². The zero-order valence-corrected chi connectivity index (χ0v) is 93.1. The highest BCUT2D eigenvalue weighted by molar-refractivity contribution is 8.75. The van der Waals surface area contributed by atoms with Gasteiger partial charge in [0.15, 0.2) is 11.6 Å². The van der Waals surface area contributed by atoms with Gasteiger partial charge in [-0.2, -0.15) is 0 Å². The number of rotatable bonds is 19. The van der Waals surface area contributed by atoms with Crippen LogP contribution in [0, 0.1) is 17.5 Å². The lowest BCUT2D eigenvalue weighted by atomic mass is 10.00. The molecule has 6 atom stereocenters. The van der Waals surface area contributed by atoms with Crippen molar-refractivity contribution >= 4 is 240 Å². The molecule has 145 heavy (non-hydrogen) atoms. The fraction of sp³-hybridized carbons (Fsp3) is 0.304. The third-order valence-electron chi connectivity index (χ3n) is 22.2. The summed E-state index contributed by atoms with van der Waals surface area (Å²) < 4.78 is 73.2. The summed E-state index contributed by atoms with van der Waals surface area (Å²) in [7, 11) is 19.7. The largest absolute Gasteiger partial charge is 0.457 e. The number of ketones is 2. The standard InChI is InChI=1S/C35H38FN5O5.C31H31FN4O3.C18H14ClNO2.C18H26FN3O3.S13/c1-21-19-40(20-22(2)41(21)34(44)46-35(3,4)5)24-10-12-29(30(36)17-24)33(43)39-31-18-26(14-15-38-31)45-25-11-13-27-23(16-25)8-7-9-28(27)32(42)37-6;1-4-29(37)26-7-5-6-21-14-23(9-11-25(21)26)39-24-12-13-33-30(16-24)35-31(38)27-10-8-22(15-28(27)32)36-17-19(2)34-20(3)18-36;1-2-17(21)16-5-3-4-12-10-13(6-7-15(12)16)22-14-8-9-20-18(19)11-14;1-11-9-21(13-6-7-14(16(20)23)15(19)8-13)10-12(2)22(11)17(24)25-18(3,4)5;1-3-5-7-9-11-13-12-10-8-6-4-2/h7-18,21-22H,19-20H2,1-6H3,(H,37,42)(H,38,39,43);5-16,19-20,34H,4,17-18H2,1-3H3,(H,33,35,38);3-11H,2H2,1H3;6-8,11-12H,9-10H2,1-5H3,(H2,20,23);/t21-,22+;19-,20+;;11-,12+;. The Morgan fingerprint density at radius 3 is 1.06 bits per heavy atom. The van der Waals surface area contributed by atoms with E-state index < -0.39 is 46.4 Å². The number of fused-ring (bicyclic) bond motifs is 3. The lowest BCUT2D eigenvalue weighted by molar-refractivity contribution is 0.00449. The molecule has 0 aliphatic carbocycles. The third kappa shape index (κ3) is 33.3. The van der Waals surface area contributed by atoms with Crippen molar-refractivity contribution in [3.8, 4) is 34.5 Å². The number of hydrogen-bond donors (Lipinski definition) is 5. The Morgan fingerprint density at radius 2 is 0.731 bits per heavy atom. The van der Waals surface area contributed by atoms with E-state index in [9.17, 15) is 47.1 Å². The molecule has 6 heterocycles. The van der Waals surface area contributed by atoms with Crippen LogP contribution >= 0.6 is 11.6 Å². The van der Waals surface area contributed by atoms with Crippen molar-refractivity contribution in [2.75, 3.05) is 71.6 Å². The van der Waals surface area contributed by atoms with Gasteiger partial charge >= 0.3 is 12.2 Å². The number of piperazine rings is 3. The van der Waals surface area contributed by atoms with Crippen molar-refractivity contribution in [1.29, 1.82) is 0 Å². The normalized spacial score (nSPS) is 15.8. The molecule has 3 saturated heterocycles. The molecule has 3 aliphatic heterocycles. The van der Waals surface area contributed by atoms with E-state index >= 15 is 4.39 Å². The summed E-state index contributed by atoms with van der Waals surface area (Å²) in [4.78, 5) is 121. The number of hydrogen-bond acceptors (Lipinski definition) is 22. The number of primary amides is 1. The maximum absolute atomic E-state index is 15.3. The molecule has 3 fully saturated rings. The van der Waals surface area contributed by atoms with Crippen molar-refractivity contribution in [1.82, 2.24) is 35.4 Å². The highest BCUT2D eigenvalue weighted by Crippen LogP contribution is 2.36. The molecule has 6 amide bonds. The lowest BCUT2D eigenvalue weighted by Gasteiger charge is -2.45. The Kier molecular flexibility index (Phi) is 42.7. The number of aromatic nitrogens is 3. The minimum absolute atomic E-state index is 0.0601. The predicted octanol–water partition coefficient (Wildman–Crippen LogP) is 20.8. The van der Waals surface area contributed by atoms with Gasteiger partial charge in [0.25, 0.3) is 23.6 Å². The molecule has 15 rings (SSSR count). The first-order valence-electron chi connectivity index (χ1n) is 45.6. The molecule has 9 aromatic carbocycles. The summed E-state index contributed by atoms with van der Waals surface area (Å²) in [5.74, 6) is -0.180. The van der Waals surface area contributed by atoms with E-state index in [1.807, 2.05) is 178 Å². The Balaban J connectivity index is 0.000000183.